The van der Waals surface area contributed by atoms with Crippen LogP contribution in [-0.4, -0.2) is 15.9 Å². The monoisotopic (exact) mass is 353 g/mol. The number of hydrogen-bond donors (Lipinski definition) is 1. The lowest BCUT2D eigenvalue weighted by atomic mass is 10.1. The van der Waals surface area contributed by atoms with Gasteiger partial charge in [0.05, 0.1) is 0 Å². The maximum Gasteiger partial charge on any atom is 0.185 e. The third-order valence-electron chi connectivity index (χ3n) is 3.33. The molecule has 22 heavy (non-hydrogen) atoms. The molecule has 0 fully saturated rings. The van der Waals surface area contributed by atoms with Crippen LogP contribution in [0.1, 0.15) is 15.9 Å². The van der Waals surface area contributed by atoms with Crippen LogP contribution < -0.4 is 0 Å². The third-order valence-corrected chi connectivity index (χ3v) is 3.85. The van der Waals surface area contributed by atoms with Gasteiger partial charge in [0.2, 0.25) is 0 Å². The number of pyridine rings is 1. The first kappa shape index (κ1) is 14.5. The molecule has 108 valence electrons. The van der Waals surface area contributed by atoms with Crippen LogP contribution in [0.2, 0.25) is 0 Å². The smallest absolute Gasteiger partial charge is 0.185 e. The molecule has 0 atom stereocenters. The van der Waals surface area contributed by atoms with E-state index in [0.717, 1.165) is 15.4 Å². The number of hydrogen-bond acceptors (Lipinski definition) is 3. The van der Waals surface area contributed by atoms with E-state index in [0.29, 0.717) is 11.1 Å². The number of aromatic hydroxyl groups is 1. The van der Waals surface area contributed by atoms with Gasteiger partial charge in [-0.25, -0.2) is 0 Å². The zero-order valence-electron chi connectivity index (χ0n) is 11.5. The highest BCUT2D eigenvalue weighted by molar-refractivity contribution is 9.10. The fourth-order valence-corrected chi connectivity index (χ4v) is 2.47. The van der Waals surface area contributed by atoms with Crippen molar-refractivity contribution in [2.45, 2.75) is 0 Å². The van der Waals surface area contributed by atoms with E-state index in [1.54, 1.807) is 42.6 Å². The zero-order valence-corrected chi connectivity index (χ0v) is 13.1. The van der Waals surface area contributed by atoms with E-state index in [1.807, 2.05) is 18.2 Å². The van der Waals surface area contributed by atoms with Gasteiger partial charge in [-0.3, -0.25) is 9.78 Å². The number of phenolic OH excluding ortho intramolecular Hbond substituents is 1. The van der Waals surface area contributed by atoms with Crippen molar-refractivity contribution in [3.63, 3.8) is 0 Å². The summed E-state index contributed by atoms with van der Waals surface area (Å²) in [6, 6.07) is 14.2. The molecule has 3 rings (SSSR count). The number of carbonyl (C=O) groups excluding carboxylic acids is 1. The van der Waals surface area contributed by atoms with Crippen LogP contribution in [0, 0.1) is 0 Å². The molecule has 1 aromatic heterocycles. The fraction of sp³-hybridized carbons (Fsp3) is 0. The molecular formula is C18H12BrNO2. The van der Waals surface area contributed by atoms with E-state index in [1.165, 1.54) is 6.08 Å². The van der Waals surface area contributed by atoms with Crippen molar-refractivity contribution in [3.8, 4) is 5.75 Å². The largest absolute Gasteiger partial charge is 0.506 e. The minimum Gasteiger partial charge on any atom is -0.506 e. The summed E-state index contributed by atoms with van der Waals surface area (Å²) < 4.78 is 0.934. The molecule has 0 saturated heterocycles. The summed E-state index contributed by atoms with van der Waals surface area (Å²) in [5.41, 5.74) is 1.99. The van der Waals surface area contributed by atoms with Crippen LogP contribution in [0.15, 0.2) is 65.3 Å². The number of carbonyl (C=O) groups is 1. The van der Waals surface area contributed by atoms with E-state index in [2.05, 4.69) is 20.9 Å². The second kappa shape index (κ2) is 6.12. The lowest BCUT2D eigenvalue weighted by Gasteiger charge is -2.03. The first-order chi connectivity index (χ1) is 10.6. The molecule has 1 heterocycles. The molecule has 0 aliphatic carbocycles. The molecular weight excluding hydrogens is 342 g/mol. The molecule has 4 heteroatoms. The first-order valence-corrected chi connectivity index (χ1v) is 7.49. The molecule has 1 N–H and O–H groups in total. The highest BCUT2D eigenvalue weighted by atomic mass is 79.9. The predicted molar refractivity (Wildman–Crippen MR) is 90.9 cm³/mol. The van der Waals surface area contributed by atoms with E-state index < -0.39 is 0 Å². The van der Waals surface area contributed by atoms with Gasteiger partial charge in [-0.2, -0.15) is 0 Å². The summed E-state index contributed by atoms with van der Waals surface area (Å²) in [5, 5.41) is 10.6. The summed E-state index contributed by atoms with van der Waals surface area (Å²) in [7, 11) is 0. The molecule has 0 saturated carbocycles. The van der Waals surface area contributed by atoms with Crippen molar-refractivity contribution in [2.75, 3.05) is 0 Å². The first-order valence-electron chi connectivity index (χ1n) is 6.70. The summed E-state index contributed by atoms with van der Waals surface area (Å²) in [5.74, 6) is 0.0598. The number of rotatable bonds is 3. The van der Waals surface area contributed by atoms with Crippen molar-refractivity contribution in [1.29, 1.82) is 0 Å². The Balaban J connectivity index is 1.94. The lowest BCUT2D eigenvalue weighted by molar-refractivity contribution is 0.104. The van der Waals surface area contributed by atoms with Crippen LogP contribution in [0.25, 0.3) is 17.0 Å². The molecule has 2 aromatic carbocycles. The van der Waals surface area contributed by atoms with Crippen molar-refractivity contribution in [3.05, 3.63) is 76.4 Å². The van der Waals surface area contributed by atoms with Gasteiger partial charge in [0, 0.05) is 21.6 Å². The standard InChI is InChI=1S/C18H12BrNO2/c19-14-7-3-13(4-8-14)16(21)9-5-12-6-10-17(22)18-15(12)2-1-11-20-18/h1-11,22H. The minimum atomic E-state index is -0.0717. The Hall–Kier alpha value is -2.46. The number of aromatic nitrogens is 1. The number of allylic oxidation sites excluding steroid dienone is 1. The van der Waals surface area contributed by atoms with Crippen LogP contribution in [0.4, 0.5) is 0 Å². The third kappa shape index (κ3) is 2.92. The second-order valence-electron chi connectivity index (χ2n) is 4.78. The molecule has 0 bridgehead atoms. The van der Waals surface area contributed by atoms with Crippen LogP contribution in [0.5, 0.6) is 5.75 Å². The number of ketones is 1. The SMILES string of the molecule is O=C(C=Cc1ccc(O)c2ncccc12)c1ccc(Br)cc1. The van der Waals surface area contributed by atoms with Gasteiger partial charge in [0.25, 0.3) is 0 Å². The normalized spacial score (nSPS) is 11.1. The average molecular weight is 354 g/mol. The molecule has 0 aliphatic heterocycles. The molecule has 0 radical (unpaired) electrons. The molecule has 0 amide bonds. The zero-order chi connectivity index (χ0) is 15.5. The number of benzene rings is 2. The maximum absolute atomic E-state index is 12.2. The van der Waals surface area contributed by atoms with E-state index in [4.69, 9.17) is 0 Å². The van der Waals surface area contributed by atoms with Crippen LogP contribution >= 0.6 is 15.9 Å². The Bertz CT molecular complexity index is 870. The Morgan fingerprint density at radius 3 is 2.64 bits per heavy atom. The van der Waals surface area contributed by atoms with E-state index in [9.17, 15) is 9.90 Å². The van der Waals surface area contributed by atoms with Crippen molar-refractivity contribution in [2.24, 2.45) is 0 Å². The van der Waals surface area contributed by atoms with Gasteiger partial charge >= 0.3 is 0 Å². The van der Waals surface area contributed by atoms with Gasteiger partial charge < -0.3 is 5.11 Å². The Kier molecular flexibility index (Phi) is 4.02. The summed E-state index contributed by atoms with van der Waals surface area (Å²) in [4.78, 5) is 16.3. The summed E-state index contributed by atoms with van der Waals surface area (Å²) >= 11 is 3.34. The van der Waals surface area contributed by atoms with Crippen molar-refractivity contribution >= 4 is 38.7 Å². The Morgan fingerprint density at radius 2 is 1.86 bits per heavy atom. The van der Waals surface area contributed by atoms with Crippen LogP contribution in [0.3, 0.4) is 0 Å². The topological polar surface area (TPSA) is 50.2 Å². The average Bonchev–Trinajstić information content (AvgIpc) is 2.55. The fourth-order valence-electron chi connectivity index (χ4n) is 2.20. The van der Waals surface area contributed by atoms with Crippen molar-refractivity contribution < 1.29 is 9.90 Å². The van der Waals surface area contributed by atoms with Gasteiger partial charge in [0.1, 0.15) is 11.3 Å². The number of fused-ring (bicyclic) bond motifs is 1. The highest BCUT2D eigenvalue weighted by Gasteiger charge is 2.05. The maximum atomic E-state index is 12.2. The van der Waals surface area contributed by atoms with Gasteiger partial charge in [-0.1, -0.05) is 34.1 Å². The molecule has 0 spiro atoms. The Morgan fingerprint density at radius 1 is 1.09 bits per heavy atom. The van der Waals surface area contributed by atoms with Gasteiger partial charge in [0.15, 0.2) is 5.78 Å². The number of nitrogens with zero attached hydrogens (tertiary/aromatic N) is 1. The van der Waals surface area contributed by atoms with E-state index >= 15 is 0 Å². The molecule has 3 aromatic rings. The van der Waals surface area contributed by atoms with Gasteiger partial charge in [-0.05, 0) is 48.0 Å². The summed E-state index contributed by atoms with van der Waals surface area (Å²) in [6.07, 6.45) is 4.90. The minimum absolute atomic E-state index is 0.0717. The molecule has 0 unspecified atom stereocenters. The quantitative estimate of drug-likeness (QED) is 0.553. The number of phenols is 1. The Labute approximate surface area is 136 Å². The lowest BCUT2D eigenvalue weighted by Crippen LogP contribution is -1.93. The number of halogens is 1. The van der Waals surface area contributed by atoms with Crippen molar-refractivity contribution in [1.82, 2.24) is 4.98 Å². The summed E-state index contributed by atoms with van der Waals surface area (Å²) in [6.45, 7) is 0. The van der Waals surface area contributed by atoms with Crippen LogP contribution in [-0.2, 0) is 0 Å². The molecule has 3 nitrogen and oxygen atoms in total. The molecule has 0 aliphatic rings. The highest BCUT2D eigenvalue weighted by Crippen LogP contribution is 2.26. The predicted octanol–water partition coefficient (Wildman–Crippen LogP) is 4.60. The van der Waals surface area contributed by atoms with Gasteiger partial charge in [-0.15, -0.1) is 0 Å². The second-order valence-corrected chi connectivity index (χ2v) is 5.69. The van der Waals surface area contributed by atoms with E-state index in [-0.39, 0.29) is 11.5 Å².